The van der Waals surface area contributed by atoms with Gasteiger partial charge in [-0.15, -0.1) is 11.3 Å². The summed E-state index contributed by atoms with van der Waals surface area (Å²) >= 11 is 7.30. The lowest BCUT2D eigenvalue weighted by molar-refractivity contribution is -0.111. The van der Waals surface area contributed by atoms with E-state index in [4.69, 9.17) is 17.3 Å². The Balaban J connectivity index is 1.79. The minimum absolute atomic E-state index is 0.288. The molecule has 0 unspecified atom stereocenters. The molecule has 0 saturated carbocycles. The molecular formula is C19H19ClN2O2S. The molecular weight excluding hydrogens is 356 g/mol. The summed E-state index contributed by atoms with van der Waals surface area (Å²) in [6.45, 7) is 2.19. The highest BCUT2D eigenvalue weighted by Gasteiger charge is 2.26. The van der Waals surface area contributed by atoms with E-state index in [1.807, 2.05) is 12.1 Å². The summed E-state index contributed by atoms with van der Waals surface area (Å²) < 4.78 is 0. The third-order valence-corrected chi connectivity index (χ3v) is 5.71. The summed E-state index contributed by atoms with van der Waals surface area (Å²) in [6, 6.07) is 7.18. The van der Waals surface area contributed by atoms with Crippen LogP contribution in [0.1, 0.15) is 39.7 Å². The fourth-order valence-corrected chi connectivity index (χ4v) is 4.54. The van der Waals surface area contributed by atoms with Crippen LogP contribution in [0.2, 0.25) is 5.02 Å². The van der Waals surface area contributed by atoms with Gasteiger partial charge in [-0.05, 0) is 54.5 Å². The van der Waals surface area contributed by atoms with E-state index in [0.29, 0.717) is 21.5 Å². The molecule has 1 atom stereocenters. The van der Waals surface area contributed by atoms with Gasteiger partial charge in [-0.1, -0.05) is 30.7 Å². The monoisotopic (exact) mass is 374 g/mol. The maximum Gasteiger partial charge on any atom is 0.251 e. The fourth-order valence-electron chi connectivity index (χ4n) is 3.00. The molecule has 3 N–H and O–H groups in total. The molecule has 1 heterocycles. The maximum absolute atomic E-state index is 12.2. The highest BCUT2D eigenvalue weighted by atomic mass is 35.5. The summed E-state index contributed by atoms with van der Waals surface area (Å²) in [7, 11) is 0. The molecule has 130 valence electrons. The lowest BCUT2D eigenvalue weighted by Gasteiger charge is -2.18. The number of nitrogens with one attached hydrogen (secondary N) is 1. The number of fused-ring (bicyclic) bond motifs is 1. The second kappa shape index (κ2) is 7.42. The first-order chi connectivity index (χ1) is 11.9. The Labute approximate surface area is 155 Å². The van der Waals surface area contributed by atoms with Crippen molar-refractivity contribution in [2.75, 3.05) is 5.32 Å². The van der Waals surface area contributed by atoms with Crippen molar-refractivity contribution < 1.29 is 9.59 Å². The SMILES string of the molecule is C[C@H]1CCc2c(sc(NC(=O)/C=C/c3ccc(Cl)cc3)c2C(N)=O)C1. The summed E-state index contributed by atoms with van der Waals surface area (Å²) in [6.07, 6.45) is 5.94. The topological polar surface area (TPSA) is 72.2 Å². The average Bonchev–Trinajstić information content (AvgIpc) is 2.91. The minimum Gasteiger partial charge on any atom is -0.365 e. The second-order valence-corrected chi connectivity index (χ2v) is 7.84. The van der Waals surface area contributed by atoms with Crippen LogP contribution in [0.15, 0.2) is 30.3 Å². The fraction of sp³-hybridized carbons (Fsp3) is 0.263. The van der Waals surface area contributed by atoms with Gasteiger partial charge in [0.2, 0.25) is 5.91 Å². The number of nitrogens with two attached hydrogens (primary N) is 1. The van der Waals surface area contributed by atoms with E-state index in [-0.39, 0.29) is 5.91 Å². The number of carbonyl (C=O) groups excluding carboxylic acids is 2. The van der Waals surface area contributed by atoms with Gasteiger partial charge in [0.25, 0.3) is 5.91 Å². The second-order valence-electron chi connectivity index (χ2n) is 6.29. The molecule has 0 bridgehead atoms. The molecule has 0 fully saturated rings. The normalized spacial score (nSPS) is 16.6. The molecule has 1 aromatic carbocycles. The molecule has 3 rings (SSSR count). The number of halogens is 1. The molecule has 25 heavy (non-hydrogen) atoms. The van der Waals surface area contributed by atoms with Crippen molar-refractivity contribution >= 4 is 45.8 Å². The van der Waals surface area contributed by atoms with Gasteiger partial charge in [0.05, 0.1) is 5.56 Å². The summed E-state index contributed by atoms with van der Waals surface area (Å²) in [5.41, 5.74) is 7.91. The van der Waals surface area contributed by atoms with Gasteiger partial charge in [-0.25, -0.2) is 0 Å². The van der Waals surface area contributed by atoms with Gasteiger partial charge in [0, 0.05) is 16.0 Å². The molecule has 0 spiro atoms. The van der Waals surface area contributed by atoms with Gasteiger partial charge in [0.1, 0.15) is 5.00 Å². The molecule has 1 aliphatic rings. The van der Waals surface area contributed by atoms with E-state index < -0.39 is 5.91 Å². The van der Waals surface area contributed by atoms with Crippen molar-refractivity contribution in [2.45, 2.75) is 26.2 Å². The molecule has 1 aromatic heterocycles. The van der Waals surface area contributed by atoms with Gasteiger partial charge in [0.15, 0.2) is 0 Å². The summed E-state index contributed by atoms with van der Waals surface area (Å²) in [4.78, 5) is 25.3. The number of benzene rings is 1. The first-order valence-corrected chi connectivity index (χ1v) is 9.32. The van der Waals surface area contributed by atoms with Gasteiger partial charge in [-0.3, -0.25) is 9.59 Å². The van der Waals surface area contributed by atoms with E-state index in [9.17, 15) is 9.59 Å². The molecule has 0 radical (unpaired) electrons. The third-order valence-electron chi connectivity index (χ3n) is 4.29. The van der Waals surface area contributed by atoms with Gasteiger partial charge < -0.3 is 11.1 Å². The zero-order chi connectivity index (χ0) is 18.0. The maximum atomic E-state index is 12.2. The van der Waals surface area contributed by atoms with E-state index >= 15 is 0 Å². The smallest absolute Gasteiger partial charge is 0.251 e. The third kappa shape index (κ3) is 4.11. The number of primary amides is 1. The highest BCUT2D eigenvalue weighted by Crippen LogP contribution is 2.39. The van der Waals surface area contributed by atoms with Crippen LogP contribution in [-0.4, -0.2) is 11.8 Å². The van der Waals surface area contributed by atoms with Gasteiger partial charge >= 0.3 is 0 Å². The number of amides is 2. The molecule has 2 aromatic rings. The largest absolute Gasteiger partial charge is 0.365 e. The van der Waals surface area contributed by atoms with Crippen molar-refractivity contribution in [3.63, 3.8) is 0 Å². The van der Waals surface area contributed by atoms with Crippen LogP contribution in [-0.2, 0) is 17.6 Å². The van der Waals surface area contributed by atoms with Crippen LogP contribution < -0.4 is 11.1 Å². The van der Waals surface area contributed by atoms with Crippen LogP contribution in [0.3, 0.4) is 0 Å². The Morgan fingerprint density at radius 2 is 2.04 bits per heavy atom. The number of thiophene rings is 1. The van der Waals surface area contributed by atoms with E-state index in [2.05, 4.69) is 12.2 Å². The summed E-state index contributed by atoms with van der Waals surface area (Å²) in [5.74, 6) is -0.187. The molecule has 6 heteroatoms. The Bertz CT molecular complexity index is 840. The minimum atomic E-state index is -0.482. The van der Waals surface area contributed by atoms with Crippen molar-refractivity contribution in [2.24, 2.45) is 11.7 Å². The van der Waals surface area contributed by atoms with Crippen LogP contribution in [0.25, 0.3) is 6.08 Å². The molecule has 4 nitrogen and oxygen atoms in total. The standard InChI is InChI=1S/C19H19ClN2O2S/c1-11-2-8-14-15(10-11)25-19(17(14)18(21)24)22-16(23)9-5-12-3-6-13(20)7-4-12/h3-7,9,11H,2,8,10H2,1H3,(H2,21,24)(H,22,23)/b9-5+/t11-/m0/s1. The van der Waals surface area contributed by atoms with E-state index in [1.54, 1.807) is 18.2 Å². The first kappa shape index (κ1) is 17.7. The predicted molar refractivity (Wildman–Crippen MR) is 103 cm³/mol. The van der Waals surface area contributed by atoms with Gasteiger partial charge in [-0.2, -0.15) is 0 Å². The number of anilines is 1. The lowest BCUT2D eigenvalue weighted by Crippen LogP contribution is -2.18. The van der Waals surface area contributed by atoms with Crippen LogP contribution >= 0.6 is 22.9 Å². The van der Waals surface area contributed by atoms with Crippen molar-refractivity contribution in [3.8, 4) is 0 Å². The first-order valence-electron chi connectivity index (χ1n) is 8.13. The summed E-state index contributed by atoms with van der Waals surface area (Å²) in [5, 5.41) is 4.01. The molecule has 2 amide bonds. The zero-order valence-corrected chi connectivity index (χ0v) is 15.4. The Morgan fingerprint density at radius 1 is 1.32 bits per heavy atom. The zero-order valence-electron chi connectivity index (χ0n) is 13.8. The highest BCUT2D eigenvalue weighted by molar-refractivity contribution is 7.17. The average molecular weight is 375 g/mol. The van der Waals surface area contributed by atoms with E-state index in [1.165, 1.54) is 17.4 Å². The quantitative estimate of drug-likeness (QED) is 0.784. The Hall–Kier alpha value is -2.11. The van der Waals surface area contributed by atoms with Crippen LogP contribution in [0.4, 0.5) is 5.00 Å². The van der Waals surface area contributed by atoms with Crippen LogP contribution in [0, 0.1) is 5.92 Å². The van der Waals surface area contributed by atoms with Crippen molar-refractivity contribution in [1.29, 1.82) is 0 Å². The van der Waals surface area contributed by atoms with E-state index in [0.717, 1.165) is 35.3 Å². The molecule has 0 aliphatic heterocycles. The van der Waals surface area contributed by atoms with Crippen LogP contribution in [0.5, 0.6) is 0 Å². The number of rotatable bonds is 4. The molecule has 0 saturated heterocycles. The number of hydrogen-bond acceptors (Lipinski definition) is 3. The Morgan fingerprint density at radius 3 is 2.72 bits per heavy atom. The predicted octanol–water partition coefficient (Wildman–Crippen LogP) is 4.28. The molecule has 1 aliphatic carbocycles. The number of hydrogen-bond donors (Lipinski definition) is 2. The number of carbonyl (C=O) groups is 2. The van der Waals surface area contributed by atoms with Crippen molar-refractivity contribution in [1.82, 2.24) is 0 Å². The Kier molecular flexibility index (Phi) is 5.25. The lowest BCUT2D eigenvalue weighted by atomic mass is 9.88. The van der Waals surface area contributed by atoms with Crippen molar-refractivity contribution in [3.05, 3.63) is 56.9 Å².